The van der Waals surface area contributed by atoms with Gasteiger partial charge in [-0.15, -0.1) is 11.3 Å². The SMILES string of the molecule is O=C(O)c1cccc2scc(Cl)c12. The molecular weight excluding hydrogens is 208 g/mol. The first kappa shape index (κ1) is 8.53. The highest BCUT2D eigenvalue weighted by Gasteiger charge is 2.11. The largest absolute Gasteiger partial charge is 0.478 e. The van der Waals surface area contributed by atoms with Gasteiger partial charge in [0.05, 0.1) is 10.6 Å². The first-order chi connectivity index (χ1) is 6.20. The lowest BCUT2D eigenvalue weighted by molar-refractivity contribution is 0.0699. The van der Waals surface area contributed by atoms with Crippen molar-refractivity contribution in [1.29, 1.82) is 0 Å². The number of aromatic carboxylic acids is 1. The van der Waals surface area contributed by atoms with E-state index in [0.717, 1.165) is 4.70 Å². The van der Waals surface area contributed by atoms with Crippen molar-refractivity contribution in [1.82, 2.24) is 0 Å². The monoisotopic (exact) mass is 212 g/mol. The molecule has 0 saturated carbocycles. The molecule has 1 heterocycles. The number of hydrogen-bond acceptors (Lipinski definition) is 2. The maximum atomic E-state index is 10.8. The molecule has 0 amide bonds. The Morgan fingerprint density at radius 3 is 2.92 bits per heavy atom. The third-order valence-electron chi connectivity index (χ3n) is 1.78. The van der Waals surface area contributed by atoms with E-state index >= 15 is 0 Å². The molecule has 2 aromatic rings. The molecule has 0 unspecified atom stereocenters. The molecule has 2 nitrogen and oxygen atoms in total. The van der Waals surface area contributed by atoms with Gasteiger partial charge in [0.2, 0.25) is 0 Å². The van der Waals surface area contributed by atoms with Gasteiger partial charge in [0, 0.05) is 15.5 Å². The number of halogens is 1. The maximum absolute atomic E-state index is 10.8. The number of rotatable bonds is 1. The second-order valence-corrected chi connectivity index (χ2v) is 3.89. The summed E-state index contributed by atoms with van der Waals surface area (Å²) in [7, 11) is 0. The highest BCUT2D eigenvalue weighted by molar-refractivity contribution is 7.17. The number of benzene rings is 1. The zero-order valence-corrected chi connectivity index (χ0v) is 8.02. The van der Waals surface area contributed by atoms with Crippen LogP contribution in [-0.4, -0.2) is 11.1 Å². The predicted octanol–water partition coefficient (Wildman–Crippen LogP) is 3.25. The summed E-state index contributed by atoms with van der Waals surface area (Å²) in [6, 6.07) is 5.14. The van der Waals surface area contributed by atoms with E-state index in [1.807, 2.05) is 6.07 Å². The summed E-state index contributed by atoms with van der Waals surface area (Å²) in [5.41, 5.74) is 0.267. The molecule has 0 bridgehead atoms. The van der Waals surface area contributed by atoms with Crippen LogP contribution in [0.1, 0.15) is 10.4 Å². The second-order valence-electron chi connectivity index (χ2n) is 2.57. The summed E-state index contributed by atoms with van der Waals surface area (Å²) in [6.45, 7) is 0. The fraction of sp³-hybridized carbons (Fsp3) is 0. The van der Waals surface area contributed by atoms with Gasteiger partial charge in [-0.2, -0.15) is 0 Å². The van der Waals surface area contributed by atoms with Crippen LogP contribution in [0.3, 0.4) is 0 Å². The van der Waals surface area contributed by atoms with Crippen LogP contribution in [0.15, 0.2) is 23.6 Å². The number of carboxylic acids is 1. The van der Waals surface area contributed by atoms with Crippen molar-refractivity contribution < 1.29 is 9.90 Å². The molecule has 0 saturated heterocycles. The van der Waals surface area contributed by atoms with Crippen LogP contribution in [-0.2, 0) is 0 Å². The van der Waals surface area contributed by atoms with Crippen LogP contribution in [0.2, 0.25) is 5.02 Å². The first-order valence-corrected chi connectivity index (χ1v) is 4.85. The van der Waals surface area contributed by atoms with E-state index < -0.39 is 5.97 Å². The zero-order valence-electron chi connectivity index (χ0n) is 6.45. The van der Waals surface area contributed by atoms with Gasteiger partial charge in [0.15, 0.2) is 0 Å². The smallest absolute Gasteiger partial charge is 0.336 e. The highest BCUT2D eigenvalue weighted by Crippen LogP contribution is 2.32. The van der Waals surface area contributed by atoms with Crippen LogP contribution in [0.4, 0.5) is 0 Å². The fourth-order valence-electron chi connectivity index (χ4n) is 1.23. The van der Waals surface area contributed by atoms with Crippen LogP contribution >= 0.6 is 22.9 Å². The minimum Gasteiger partial charge on any atom is -0.478 e. The molecule has 13 heavy (non-hydrogen) atoms. The van der Waals surface area contributed by atoms with Crippen molar-refractivity contribution in [3.05, 3.63) is 34.2 Å². The lowest BCUT2D eigenvalue weighted by atomic mass is 10.1. The average Bonchev–Trinajstić information content (AvgIpc) is 2.48. The summed E-state index contributed by atoms with van der Waals surface area (Å²) in [5, 5.41) is 11.8. The third kappa shape index (κ3) is 1.30. The molecular formula is C9H5ClO2S. The van der Waals surface area contributed by atoms with Crippen LogP contribution in [0, 0.1) is 0 Å². The Kier molecular flexibility index (Phi) is 1.98. The maximum Gasteiger partial charge on any atom is 0.336 e. The van der Waals surface area contributed by atoms with Gasteiger partial charge in [0.25, 0.3) is 0 Å². The van der Waals surface area contributed by atoms with Gasteiger partial charge in [-0.25, -0.2) is 4.79 Å². The summed E-state index contributed by atoms with van der Waals surface area (Å²) in [4.78, 5) is 10.8. The third-order valence-corrected chi connectivity index (χ3v) is 3.16. The Labute approximate surface area is 83.4 Å². The van der Waals surface area contributed by atoms with E-state index in [1.165, 1.54) is 11.3 Å². The molecule has 1 N–H and O–H groups in total. The van der Waals surface area contributed by atoms with Gasteiger partial charge in [-0.05, 0) is 12.1 Å². The van der Waals surface area contributed by atoms with E-state index in [0.29, 0.717) is 10.4 Å². The molecule has 66 valence electrons. The van der Waals surface area contributed by atoms with Crippen molar-refractivity contribution in [3.63, 3.8) is 0 Å². The van der Waals surface area contributed by atoms with Gasteiger partial charge < -0.3 is 5.11 Å². The molecule has 1 aromatic heterocycles. The molecule has 0 atom stereocenters. The summed E-state index contributed by atoms with van der Waals surface area (Å²) in [5.74, 6) is -0.939. The molecule has 0 aliphatic carbocycles. The molecule has 0 aliphatic heterocycles. The van der Waals surface area contributed by atoms with Gasteiger partial charge in [-0.3, -0.25) is 0 Å². The van der Waals surface area contributed by atoms with Crippen molar-refractivity contribution in [2.45, 2.75) is 0 Å². The molecule has 2 rings (SSSR count). The Morgan fingerprint density at radius 2 is 2.23 bits per heavy atom. The van der Waals surface area contributed by atoms with Gasteiger partial charge in [0.1, 0.15) is 0 Å². The Bertz CT molecular complexity index is 475. The number of carboxylic acid groups (broad SMARTS) is 1. The Morgan fingerprint density at radius 1 is 1.46 bits per heavy atom. The molecule has 0 fully saturated rings. The van der Waals surface area contributed by atoms with Gasteiger partial charge in [-0.1, -0.05) is 17.7 Å². The summed E-state index contributed by atoms with van der Waals surface area (Å²) < 4.78 is 0.907. The normalized spacial score (nSPS) is 10.5. The lowest BCUT2D eigenvalue weighted by Gasteiger charge is -1.96. The molecule has 1 aromatic carbocycles. The minimum absolute atomic E-state index is 0.267. The lowest BCUT2D eigenvalue weighted by Crippen LogP contribution is -1.95. The minimum atomic E-state index is -0.939. The summed E-state index contributed by atoms with van der Waals surface area (Å²) in [6.07, 6.45) is 0. The van der Waals surface area contributed by atoms with Crippen LogP contribution < -0.4 is 0 Å². The van der Waals surface area contributed by atoms with Gasteiger partial charge >= 0.3 is 5.97 Å². The number of thiophene rings is 1. The number of hydrogen-bond donors (Lipinski definition) is 1. The Balaban J connectivity index is 2.88. The Hall–Kier alpha value is -1.06. The number of fused-ring (bicyclic) bond motifs is 1. The fourth-order valence-corrected chi connectivity index (χ4v) is 2.46. The van der Waals surface area contributed by atoms with Crippen molar-refractivity contribution in [2.75, 3.05) is 0 Å². The van der Waals surface area contributed by atoms with E-state index in [-0.39, 0.29) is 5.56 Å². The topological polar surface area (TPSA) is 37.3 Å². The van der Waals surface area contributed by atoms with Crippen LogP contribution in [0.5, 0.6) is 0 Å². The van der Waals surface area contributed by atoms with E-state index in [2.05, 4.69) is 0 Å². The van der Waals surface area contributed by atoms with E-state index in [9.17, 15) is 4.79 Å². The van der Waals surface area contributed by atoms with E-state index in [4.69, 9.17) is 16.7 Å². The van der Waals surface area contributed by atoms with Crippen molar-refractivity contribution in [3.8, 4) is 0 Å². The molecule has 0 aliphatic rings. The average molecular weight is 213 g/mol. The van der Waals surface area contributed by atoms with E-state index in [1.54, 1.807) is 17.5 Å². The predicted molar refractivity (Wildman–Crippen MR) is 53.8 cm³/mol. The van der Waals surface area contributed by atoms with Crippen molar-refractivity contribution in [2.24, 2.45) is 0 Å². The summed E-state index contributed by atoms with van der Waals surface area (Å²) >= 11 is 7.32. The standard InChI is InChI=1S/C9H5ClO2S/c10-6-4-13-7-3-1-2-5(8(6)7)9(11)12/h1-4H,(H,11,12). The highest BCUT2D eigenvalue weighted by atomic mass is 35.5. The van der Waals surface area contributed by atoms with Crippen LogP contribution in [0.25, 0.3) is 10.1 Å². The quantitative estimate of drug-likeness (QED) is 0.788. The second kappa shape index (κ2) is 3.01. The van der Waals surface area contributed by atoms with Crippen molar-refractivity contribution >= 4 is 39.0 Å². The zero-order chi connectivity index (χ0) is 9.42. The first-order valence-electron chi connectivity index (χ1n) is 3.59. The number of carbonyl (C=O) groups is 1. The molecule has 0 radical (unpaired) electrons. The molecule has 0 spiro atoms. The molecule has 4 heteroatoms.